The lowest BCUT2D eigenvalue weighted by Crippen LogP contribution is -2.04. The Kier molecular flexibility index (Phi) is 2.91. The number of hydrogen-bond donors (Lipinski definition) is 0. The van der Waals surface area contributed by atoms with Crippen molar-refractivity contribution in [2.24, 2.45) is 0 Å². The normalized spacial score (nSPS) is 12.3. The predicted octanol–water partition coefficient (Wildman–Crippen LogP) is 0.308. The summed E-state index contributed by atoms with van der Waals surface area (Å²) >= 11 is 0. The second kappa shape index (κ2) is 4.37. The fraction of sp³-hybridized carbons (Fsp3) is 0.125. The van der Waals surface area contributed by atoms with E-state index in [2.05, 4.69) is 15.5 Å². The van der Waals surface area contributed by atoms with Crippen molar-refractivity contribution in [3.05, 3.63) is 34.4 Å². The van der Waals surface area contributed by atoms with Gasteiger partial charge >= 0.3 is 0 Å². The average molecular weight is 253 g/mol. The van der Waals surface area contributed by atoms with Crippen LogP contribution >= 0.6 is 0 Å². The average Bonchev–Trinajstić information content (AvgIpc) is 2.78. The summed E-state index contributed by atoms with van der Waals surface area (Å²) < 4.78 is 12.6. The maximum atomic E-state index is 11.3. The molecule has 9 heteroatoms. The Morgan fingerprint density at radius 2 is 2.00 bits per heavy atom. The van der Waals surface area contributed by atoms with Gasteiger partial charge in [-0.2, -0.15) is 4.68 Å². The van der Waals surface area contributed by atoms with Crippen LogP contribution in [0.3, 0.4) is 0 Å². The molecule has 0 radical (unpaired) electrons. The first-order valence-electron chi connectivity index (χ1n) is 4.46. The predicted molar refractivity (Wildman–Crippen MR) is 58.1 cm³/mol. The first-order valence-corrected chi connectivity index (χ1v) is 6.02. The second-order valence-corrected chi connectivity index (χ2v) is 4.37. The van der Waals surface area contributed by atoms with E-state index in [4.69, 9.17) is 0 Å². The van der Waals surface area contributed by atoms with Crippen LogP contribution in [0.2, 0.25) is 0 Å². The maximum absolute atomic E-state index is 11.3. The molecule has 0 N–H and O–H groups in total. The van der Waals surface area contributed by atoms with Gasteiger partial charge in [-0.05, 0) is 22.6 Å². The molecule has 0 fully saturated rings. The van der Waals surface area contributed by atoms with Crippen molar-refractivity contribution >= 4 is 16.5 Å². The molecular weight excluding hydrogens is 246 g/mol. The molecule has 1 aromatic carbocycles. The van der Waals surface area contributed by atoms with E-state index in [1.54, 1.807) is 0 Å². The van der Waals surface area contributed by atoms with E-state index in [-0.39, 0.29) is 10.8 Å². The van der Waals surface area contributed by atoms with Gasteiger partial charge in [0.15, 0.2) is 0 Å². The second-order valence-electron chi connectivity index (χ2n) is 3.10. The first-order chi connectivity index (χ1) is 8.09. The molecule has 1 atom stereocenters. The van der Waals surface area contributed by atoms with Crippen LogP contribution in [0.5, 0.6) is 0 Å². The van der Waals surface area contributed by atoms with Crippen LogP contribution in [0.4, 0.5) is 5.69 Å². The minimum atomic E-state index is -1.33. The highest BCUT2D eigenvalue weighted by molar-refractivity contribution is 7.84. The summed E-state index contributed by atoms with van der Waals surface area (Å²) in [6.07, 6.45) is 1.45. The molecule has 17 heavy (non-hydrogen) atoms. The lowest BCUT2D eigenvalue weighted by molar-refractivity contribution is -0.384. The lowest BCUT2D eigenvalue weighted by Gasteiger charge is -2.01. The Morgan fingerprint density at radius 1 is 1.35 bits per heavy atom. The third-order valence-corrected chi connectivity index (χ3v) is 2.77. The van der Waals surface area contributed by atoms with E-state index in [9.17, 15) is 14.3 Å². The molecule has 1 aromatic heterocycles. The SMILES string of the molecule is C[S@@](=O)c1nnnn1-c1ccc([N+](=O)[O-])cc1. The van der Waals surface area contributed by atoms with Crippen molar-refractivity contribution in [1.29, 1.82) is 0 Å². The van der Waals surface area contributed by atoms with Gasteiger partial charge in [0.05, 0.1) is 21.4 Å². The van der Waals surface area contributed by atoms with E-state index in [0.717, 1.165) is 0 Å². The highest BCUT2D eigenvalue weighted by Gasteiger charge is 2.12. The fourth-order valence-corrected chi connectivity index (χ4v) is 1.77. The van der Waals surface area contributed by atoms with Gasteiger partial charge in [-0.3, -0.25) is 14.3 Å². The zero-order valence-corrected chi connectivity index (χ0v) is 9.49. The number of tetrazole rings is 1. The summed E-state index contributed by atoms with van der Waals surface area (Å²) in [6.45, 7) is 0. The molecule has 0 saturated carbocycles. The molecule has 0 spiro atoms. The van der Waals surface area contributed by atoms with Gasteiger partial charge in [0.25, 0.3) is 5.69 Å². The molecule has 1 heterocycles. The van der Waals surface area contributed by atoms with E-state index < -0.39 is 15.7 Å². The van der Waals surface area contributed by atoms with E-state index >= 15 is 0 Å². The number of non-ortho nitro benzene ring substituents is 1. The Balaban J connectivity index is 2.43. The Hall–Kier alpha value is -2.16. The molecule has 0 amide bonds. The number of nitrogens with zero attached hydrogens (tertiary/aromatic N) is 5. The highest BCUT2D eigenvalue weighted by Crippen LogP contribution is 2.15. The Bertz CT molecular complexity index is 579. The third kappa shape index (κ3) is 2.18. The number of nitro groups is 1. The molecule has 88 valence electrons. The van der Waals surface area contributed by atoms with Crippen LogP contribution in [0.25, 0.3) is 5.69 Å². The zero-order valence-electron chi connectivity index (χ0n) is 8.68. The van der Waals surface area contributed by atoms with Gasteiger partial charge in [0, 0.05) is 18.4 Å². The minimum absolute atomic E-state index is 0.0269. The Labute approximate surface area is 97.9 Å². The molecule has 0 aliphatic heterocycles. The van der Waals surface area contributed by atoms with E-state index in [1.807, 2.05) is 0 Å². The van der Waals surface area contributed by atoms with Crippen LogP contribution in [0.15, 0.2) is 29.4 Å². The van der Waals surface area contributed by atoms with Gasteiger partial charge in [-0.1, -0.05) is 5.10 Å². The van der Waals surface area contributed by atoms with Crippen LogP contribution < -0.4 is 0 Å². The smallest absolute Gasteiger partial charge is 0.258 e. The maximum Gasteiger partial charge on any atom is 0.269 e. The quantitative estimate of drug-likeness (QED) is 0.576. The van der Waals surface area contributed by atoms with Gasteiger partial charge in [-0.15, -0.1) is 0 Å². The van der Waals surface area contributed by atoms with Crippen LogP contribution in [-0.2, 0) is 10.8 Å². The van der Waals surface area contributed by atoms with Crippen LogP contribution in [0, 0.1) is 10.1 Å². The third-order valence-electron chi connectivity index (χ3n) is 2.00. The minimum Gasteiger partial charge on any atom is -0.258 e. The molecule has 0 saturated heterocycles. The van der Waals surface area contributed by atoms with Gasteiger partial charge in [-0.25, -0.2) is 0 Å². The molecule has 0 unspecified atom stereocenters. The number of rotatable bonds is 3. The Morgan fingerprint density at radius 3 is 2.53 bits per heavy atom. The van der Waals surface area contributed by atoms with E-state index in [0.29, 0.717) is 5.69 Å². The van der Waals surface area contributed by atoms with Gasteiger partial charge < -0.3 is 0 Å². The molecule has 8 nitrogen and oxygen atoms in total. The topological polar surface area (TPSA) is 104 Å². The van der Waals surface area contributed by atoms with Crippen molar-refractivity contribution in [3.8, 4) is 5.69 Å². The highest BCUT2D eigenvalue weighted by atomic mass is 32.2. The zero-order chi connectivity index (χ0) is 12.4. The summed E-state index contributed by atoms with van der Waals surface area (Å²) in [5, 5.41) is 21.4. The fourth-order valence-electron chi connectivity index (χ4n) is 1.24. The number of aromatic nitrogens is 4. The first kappa shape index (κ1) is 11.3. The van der Waals surface area contributed by atoms with Gasteiger partial charge in [0.1, 0.15) is 0 Å². The summed E-state index contributed by atoms with van der Waals surface area (Å²) in [5.41, 5.74) is 0.492. The van der Waals surface area contributed by atoms with Crippen LogP contribution in [-0.4, -0.2) is 35.6 Å². The molecule has 0 bridgehead atoms. The molecule has 0 aliphatic carbocycles. The standard InChI is InChI=1S/C8H7N5O3S/c1-17(16)8-9-10-11-12(8)6-2-4-7(5-3-6)13(14)15/h2-5H,1H3/t17-/m1/s1. The largest absolute Gasteiger partial charge is 0.269 e. The molecule has 2 rings (SSSR count). The van der Waals surface area contributed by atoms with Crippen LogP contribution in [0.1, 0.15) is 0 Å². The number of nitro benzene ring substituents is 1. The summed E-state index contributed by atoms with van der Waals surface area (Å²) in [4.78, 5) is 9.99. The summed E-state index contributed by atoms with van der Waals surface area (Å²) in [5.74, 6) is 0. The summed E-state index contributed by atoms with van der Waals surface area (Å²) in [6, 6.07) is 5.65. The van der Waals surface area contributed by atoms with Gasteiger partial charge in [0.2, 0.25) is 5.16 Å². The number of hydrogen-bond acceptors (Lipinski definition) is 6. The van der Waals surface area contributed by atoms with Crippen molar-refractivity contribution in [1.82, 2.24) is 20.2 Å². The number of benzene rings is 1. The monoisotopic (exact) mass is 253 g/mol. The van der Waals surface area contributed by atoms with Crippen molar-refractivity contribution in [2.75, 3.05) is 6.26 Å². The van der Waals surface area contributed by atoms with E-state index in [1.165, 1.54) is 35.2 Å². The summed E-state index contributed by atoms with van der Waals surface area (Å²) in [7, 11) is -1.33. The van der Waals surface area contributed by atoms with Crippen molar-refractivity contribution < 1.29 is 9.13 Å². The molecule has 0 aliphatic rings. The molecule has 2 aromatic rings. The lowest BCUT2D eigenvalue weighted by atomic mass is 10.3. The van der Waals surface area contributed by atoms with Crippen molar-refractivity contribution in [3.63, 3.8) is 0 Å². The molecular formula is C8H7N5O3S. The van der Waals surface area contributed by atoms with Crippen molar-refractivity contribution in [2.45, 2.75) is 5.16 Å².